The second kappa shape index (κ2) is 5.52. The number of aryl methyl sites for hydroxylation is 2. The van der Waals surface area contributed by atoms with Gasteiger partial charge < -0.3 is 8.98 Å². The fraction of sp³-hybridized carbons (Fsp3) is 0.200. The number of benzene rings is 1. The molecule has 0 aliphatic carbocycles. The molecule has 0 saturated heterocycles. The van der Waals surface area contributed by atoms with E-state index >= 15 is 0 Å². The minimum absolute atomic E-state index is 0.685. The van der Waals surface area contributed by atoms with Crippen molar-refractivity contribution < 1.29 is 4.42 Å². The molecular formula is C15H15N3O. The summed E-state index contributed by atoms with van der Waals surface area (Å²) in [6.45, 7) is 0.685. The van der Waals surface area contributed by atoms with E-state index in [4.69, 9.17) is 4.42 Å². The smallest absolute Gasteiger partial charge is 0.133 e. The lowest BCUT2D eigenvalue weighted by Gasteiger charge is -2.04. The Labute approximate surface area is 111 Å². The summed E-state index contributed by atoms with van der Waals surface area (Å²) in [6.07, 6.45) is 5.29. The van der Waals surface area contributed by atoms with Gasteiger partial charge in [-0.1, -0.05) is 30.3 Å². The number of hydrogen-bond acceptors (Lipinski definition) is 3. The molecule has 3 aromatic rings. The molecule has 0 N–H and O–H groups in total. The maximum Gasteiger partial charge on any atom is 0.133 e. The Balaban J connectivity index is 1.67. The summed E-state index contributed by atoms with van der Waals surface area (Å²) in [7, 11) is 0. The molecule has 1 aromatic carbocycles. The van der Waals surface area contributed by atoms with Gasteiger partial charge in [0.15, 0.2) is 0 Å². The molecule has 2 heterocycles. The van der Waals surface area contributed by atoms with Gasteiger partial charge in [-0.05, 0) is 24.1 Å². The molecule has 0 fully saturated rings. The minimum Gasteiger partial charge on any atom is -0.467 e. The van der Waals surface area contributed by atoms with Crippen molar-refractivity contribution in [1.29, 1.82) is 0 Å². The average Bonchev–Trinajstić information content (AvgIpc) is 3.10. The fourth-order valence-electron chi connectivity index (χ4n) is 2.08. The van der Waals surface area contributed by atoms with Crippen molar-refractivity contribution in [3.63, 3.8) is 0 Å². The van der Waals surface area contributed by atoms with E-state index in [1.807, 2.05) is 22.8 Å². The van der Waals surface area contributed by atoms with Gasteiger partial charge in [0.05, 0.1) is 12.8 Å². The molecule has 0 amide bonds. The summed E-state index contributed by atoms with van der Waals surface area (Å²) >= 11 is 0. The van der Waals surface area contributed by atoms with Gasteiger partial charge in [-0.2, -0.15) is 0 Å². The minimum atomic E-state index is 0.685. The fourth-order valence-corrected chi connectivity index (χ4v) is 2.08. The van der Waals surface area contributed by atoms with Crippen LogP contribution in [0.4, 0.5) is 0 Å². The van der Waals surface area contributed by atoms with E-state index in [0.29, 0.717) is 6.54 Å². The third-order valence-corrected chi connectivity index (χ3v) is 3.08. The molecule has 0 saturated carbocycles. The molecule has 0 spiro atoms. The van der Waals surface area contributed by atoms with Gasteiger partial charge in [-0.3, -0.25) is 0 Å². The quantitative estimate of drug-likeness (QED) is 0.702. The first kappa shape index (κ1) is 11.7. The highest BCUT2D eigenvalue weighted by Crippen LogP contribution is 2.08. The molecule has 4 nitrogen and oxygen atoms in total. The Morgan fingerprint density at radius 3 is 2.68 bits per heavy atom. The van der Waals surface area contributed by atoms with Crippen molar-refractivity contribution in [2.45, 2.75) is 19.4 Å². The molecule has 4 heteroatoms. The normalized spacial score (nSPS) is 10.7. The largest absolute Gasteiger partial charge is 0.467 e. The third kappa shape index (κ3) is 2.91. The van der Waals surface area contributed by atoms with Crippen LogP contribution in [0.5, 0.6) is 0 Å². The van der Waals surface area contributed by atoms with Crippen molar-refractivity contribution in [3.05, 3.63) is 72.2 Å². The van der Waals surface area contributed by atoms with Gasteiger partial charge in [0.25, 0.3) is 0 Å². The number of hydrogen-bond donors (Lipinski definition) is 0. The van der Waals surface area contributed by atoms with Gasteiger partial charge in [0, 0.05) is 6.42 Å². The van der Waals surface area contributed by atoms with Gasteiger partial charge in [0.2, 0.25) is 0 Å². The number of furan rings is 1. The highest BCUT2D eigenvalue weighted by molar-refractivity contribution is 5.15. The number of rotatable bonds is 5. The predicted molar refractivity (Wildman–Crippen MR) is 71.7 cm³/mol. The molecule has 2 aromatic heterocycles. The molecule has 0 bridgehead atoms. The molecule has 3 rings (SSSR count). The van der Waals surface area contributed by atoms with E-state index in [0.717, 1.165) is 24.4 Å². The van der Waals surface area contributed by atoms with Crippen LogP contribution in [0.3, 0.4) is 0 Å². The Hall–Kier alpha value is -2.36. The maximum atomic E-state index is 5.35. The van der Waals surface area contributed by atoms with Crippen LogP contribution in [0.2, 0.25) is 0 Å². The summed E-state index contributed by atoms with van der Waals surface area (Å²) in [5.74, 6) is 1.90. The van der Waals surface area contributed by atoms with Crippen molar-refractivity contribution >= 4 is 0 Å². The zero-order valence-electron chi connectivity index (χ0n) is 10.6. The van der Waals surface area contributed by atoms with Crippen LogP contribution >= 0.6 is 0 Å². The van der Waals surface area contributed by atoms with Crippen molar-refractivity contribution in [2.24, 2.45) is 0 Å². The summed E-state index contributed by atoms with van der Waals surface area (Å²) in [5, 5.41) is 8.17. The lowest BCUT2D eigenvalue weighted by atomic mass is 10.1. The van der Waals surface area contributed by atoms with Crippen LogP contribution in [0.25, 0.3) is 0 Å². The van der Waals surface area contributed by atoms with Crippen LogP contribution in [0, 0.1) is 0 Å². The van der Waals surface area contributed by atoms with Crippen LogP contribution in [0.1, 0.15) is 17.1 Å². The van der Waals surface area contributed by atoms with Gasteiger partial charge in [-0.25, -0.2) is 0 Å². The number of nitrogens with zero attached hydrogens (tertiary/aromatic N) is 3. The Kier molecular flexibility index (Phi) is 3.40. The molecular weight excluding hydrogens is 238 g/mol. The second-order valence-corrected chi connectivity index (χ2v) is 4.44. The van der Waals surface area contributed by atoms with Crippen molar-refractivity contribution in [3.8, 4) is 0 Å². The zero-order valence-corrected chi connectivity index (χ0v) is 10.6. The van der Waals surface area contributed by atoms with Crippen LogP contribution in [0.15, 0.2) is 59.5 Å². The number of aromatic nitrogens is 3. The molecule has 0 atom stereocenters. The van der Waals surface area contributed by atoms with E-state index in [9.17, 15) is 0 Å². The van der Waals surface area contributed by atoms with Crippen molar-refractivity contribution in [2.75, 3.05) is 0 Å². The average molecular weight is 253 g/mol. The van der Waals surface area contributed by atoms with Crippen molar-refractivity contribution in [1.82, 2.24) is 14.8 Å². The molecule has 96 valence electrons. The summed E-state index contributed by atoms with van der Waals surface area (Å²) < 4.78 is 7.38. The van der Waals surface area contributed by atoms with E-state index in [1.54, 1.807) is 12.6 Å². The first-order valence-electron chi connectivity index (χ1n) is 6.35. The monoisotopic (exact) mass is 253 g/mol. The molecule has 0 radical (unpaired) electrons. The van der Waals surface area contributed by atoms with Gasteiger partial charge in [0.1, 0.15) is 17.9 Å². The Morgan fingerprint density at radius 1 is 1.00 bits per heavy atom. The van der Waals surface area contributed by atoms with Gasteiger partial charge in [-0.15, -0.1) is 10.2 Å². The van der Waals surface area contributed by atoms with Crippen LogP contribution in [-0.4, -0.2) is 14.8 Å². The SMILES string of the molecule is c1ccc(CCc2nncn2Cc2ccco2)cc1. The summed E-state index contributed by atoms with van der Waals surface area (Å²) in [4.78, 5) is 0. The highest BCUT2D eigenvalue weighted by Gasteiger charge is 2.06. The van der Waals surface area contributed by atoms with Gasteiger partial charge >= 0.3 is 0 Å². The lowest BCUT2D eigenvalue weighted by molar-refractivity contribution is 0.488. The van der Waals surface area contributed by atoms with Crippen LogP contribution < -0.4 is 0 Å². The lowest BCUT2D eigenvalue weighted by Crippen LogP contribution is -2.05. The molecule has 19 heavy (non-hydrogen) atoms. The Morgan fingerprint density at radius 2 is 1.89 bits per heavy atom. The van der Waals surface area contributed by atoms with E-state index in [2.05, 4.69) is 34.5 Å². The standard InChI is InChI=1S/C15H15N3O/c1-2-5-13(6-3-1)8-9-15-17-16-12-18(15)11-14-7-4-10-19-14/h1-7,10,12H,8-9,11H2. The molecule has 0 aliphatic heterocycles. The molecule has 0 aliphatic rings. The highest BCUT2D eigenvalue weighted by atomic mass is 16.3. The zero-order chi connectivity index (χ0) is 12.9. The van der Waals surface area contributed by atoms with E-state index in [-0.39, 0.29) is 0 Å². The topological polar surface area (TPSA) is 43.9 Å². The first-order chi connectivity index (χ1) is 9.42. The van der Waals surface area contributed by atoms with Crippen LogP contribution in [-0.2, 0) is 19.4 Å². The maximum absolute atomic E-state index is 5.35. The van der Waals surface area contributed by atoms with E-state index < -0.39 is 0 Å². The summed E-state index contributed by atoms with van der Waals surface area (Å²) in [6, 6.07) is 14.3. The predicted octanol–water partition coefficient (Wildman–Crippen LogP) is 2.70. The van der Waals surface area contributed by atoms with E-state index in [1.165, 1.54) is 5.56 Å². The second-order valence-electron chi connectivity index (χ2n) is 4.44. The third-order valence-electron chi connectivity index (χ3n) is 3.08. The summed E-state index contributed by atoms with van der Waals surface area (Å²) in [5.41, 5.74) is 1.31. The molecule has 0 unspecified atom stereocenters. The first-order valence-corrected chi connectivity index (χ1v) is 6.35. The Bertz CT molecular complexity index is 614.